The van der Waals surface area contributed by atoms with Crippen molar-refractivity contribution in [1.82, 2.24) is 4.98 Å². The molecule has 0 fully saturated rings. The number of nitrogens with zero attached hydrogens (tertiary/aromatic N) is 1. The highest BCUT2D eigenvalue weighted by atomic mass is 16.5. The number of aromatic nitrogens is 1. The first-order valence-electron chi connectivity index (χ1n) is 5.77. The van der Waals surface area contributed by atoms with Gasteiger partial charge in [0, 0.05) is 6.61 Å². The summed E-state index contributed by atoms with van der Waals surface area (Å²) in [6.45, 7) is 10.5. The molecule has 17 heavy (non-hydrogen) atoms. The van der Waals surface area contributed by atoms with E-state index in [1.807, 2.05) is 32.9 Å². The number of hydrogen-bond donors (Lipinski definition) is 1. The van der Waals surface area contributed by atoms with Crippen LogP contribution in [0.4, 0.5) is 5.82 Å². The normalized spacial score (nSPS) is 13.5. The molecular weight excluding hydrogens is 212 g/mol. The van der Waals surface area contributed by atoms with E-state index in [0.29, 0.717) is 12.4 Å². The van der Waals surface area contributed by atoms with Gasteiger partial charge in [0.05, 0.1) is 11.8 Å². The fourth-order valence-corrected chi connectivity index (χ4v) is 1.50. The number of nitrogen functional groups attached to an aromatic ring is 1. The fourth-order valence-electron chi connectivity index (χ4n) is 1.50. The van der Waals surface area contributed by atoms with Crippen LogP contribution in [0, 0.1) is 0 Å². The Morgan fingerprint density at radius 3 is 2.88 bits per heavy atom. The van der Waals surface area contributed by atoms with Crippen molar-refractivity contribution in [2.75, 3.05) is 12.3 Å². The summed E-state index contributed by atoms with van der Waals surface area (Å²) in [5, 5.41) is 0. The maximum absolute atomic E-state index is 5.69. The Hall–Kier alpha value is -1.61. The molecule has 0 bridgehead atoms. The Morgan fingerprint density at radius 1 is 1.59 bits per heavy atom. The van der Waals surface area contributed by atoms with Crippen LogP contribution < -0.4 is 5.73 Å². The molecule has 0 amide bonds. The molecule has 1 unspecified atom stereocenters. The maximum atomic E-state index is 5.69. The van der Waals surface area contributed by atoms with Gasteiger partial charge in [-0.3, -0.25) is 0 Å². The Morgan fingerprint density at radius 2 is 2.29 bits per heavy atom. The van der Waals surface area contributed by atoms with Crippen LogP contribution in [0.2, 0.25) is 0 Å². The number of anilines is 1. The van der Waals surface area contributed by atoms with Gasteiger partial charge in [0.25, 0.3) is 0 Å². The van der Waals surface area contributed by atoms with Crippen molar-refractivity contribution in [3.8, 4) is 0 Å². The third kappa shape index (κ3) is 3.71. The van der Waals surface area contributed by atoms with Gasteiger partial charge in [0.15, 0.2) is 0 Å². The van der Waals surface area contributed by atoms with Crippen LogP contribution in [0.5, 0.6) is 0 Å². The van der Waals surface area contributed by atoms with E-state index in [2.05, 4.69) is 11.6 Å². The van der Waals surface area contributed by atoms with Gasteiger partial charge >= 0.3 is 0 Å². The van der Waals surface area contributed by atoms with Crippen LogP contribution in [0.1, 0.15) is 32.0 Å². The lowest BCUT2D eigenvalue weighted by molar-refractivity contribution is 0.102. The standard InChI is InChI=1S/C14H20N2O/c1-5-12-7-8-14(15)16-13(12)9-10(3)11(4)17-6-2/h5,7-9,11H,1,6H2,2-4H3,(H2,15,16)/b10-9+. The molecule has 1 aromatic heterocycles. The lowest BCUT2D eigenvalue weighted by atomic mass is 10.1. The average Bonchev–Trinajstić information content (AvgIpc) is 2.29. The van der Waals surface area contributed by atoms with Crippen molar-refractivity contribution in [3.63, 3.8) is 0 Å². The molecule has 1 heterocycles. The molecule has 1 aromatic rings. The molecule has 92 valence electrons. The molecule has 0 aliphatic carbocycles. The van der Waals surface area contributed by atoms with Gasteiger partial charge in [-0.15, -0.1) is 0 Å². The molecule has 0 radical (unpaired) electrons. The van der Waals surface area contributed by atoms with E-state index in [9.17, 15) is 0 Å². The van der Waals surface area contributed by atoms with Crippen LogP contribution in [0.25, 0.3) is 12.2 Å². The van der Waals surface area contributed by atoms with Crippen LogP contribution in [-0.2, 0) is 4.74 Å². The second-order valence-electron chi connectivity index (χ2n) is 3.90. The van der Waals surface area contributed by atoms with Crippen LogP contribution in [0.3, 0.4) is 0 Å². The Balaban J connectivity index is 3.03. The van der Waals surface area contributed by atoms with E-state index in [4.69, 9.17) is 10.5 Å². The van der Waals surface area contributed by atoms with Gasteiger partial charge < -0.3 is 10.5 Å². The minimum Gasteiger partial charge on any atom is -0.384 e. The van der Waals surface area contributed by atoms with Gasteiger partial charge in [0.2, 0.25) is 0 Å². The van der Waals surface area contributed by atoms with Crippen molar-refractivity contribution in [2.45, 2.75) is 26.9 Å². The van der Waals surface area contributed by atoms with Crippen molar-refractivity contribution < 1.29 is 4.74 Å². The second-order valence-corrected chi connectivity index (χ2v) is 3.90. The average molecular weight is 232 g/mol. The zero-order chi connectivity index (χ0) is 12.8. The summed E-state index contributed by atoms with van der Waals surface area (Å²) in [5.41, 5.74) is 8.62. The molecule has 0 spiro atoms. The number of ether oxygens (including phenoxy) is 1. The summed E-state index contributed by atoms with van der Waals surface area (Å²) in [6, 6.07) is 3.69. The summed E-state index contributed by atoms with van der Waals surface area (Å²) >= 11 is 0. The molecule has 0 aromatic carbocycles. The van der Waals surface area contributed by atoms with Crippen molar-refractivity contribution in [1.29, 1.82) is 0 Å². The van der Waals surface area contributed by atoms with E-state index in [-0.39, 0.29) is 6.10 Å². The van der Waals surface area contributed by atoms with Gasteiger partial charge in [-0.05, 0) is 50.1 Å². The van der Waals surface area contributed by atoms with E-state index in [0.717, 1.165) is 16.8 Å². The van der Waals surface area contributed by atoms with Gasteiger partial charge in [-0.2, -0.15) is 0 Å². The molecule has 0 saturated heterocycles. The summed E-state index contributed by atoms with van der Waals surface area (Å²) in [7, 11) is 0. The topological polar surface area (TPSA) is 48.1 Å². The van der Waals surface area contributed by atoms with Crippen molar-refractivity contribution in [2.24, 2.45) is 0 Å². The van der Waals surface area contributed by atoms with Gasteiger partial charge in [0.1, 0.15) is 5.82 Å². The van der Waals surface area contributed by atoms with E-state index >= 15 is 0 Å². The number of hydrogen-bond acceptors (Lipinski definition) is 3. The zero-order valence-corrected chi connectivity index (χ0v) is 10.7. The molecule has 1 rings (SSSR count). The Labute approximate surface area is 103 Å². The molecule has 3 nitrogen and oxygen atoms in total. The zero-order valence-electron chi connectivity index (χ0n) is 10.7. The first-order chi connectivity index (χ1) is 8.08. The van der Waals surface area contributed by atoms with Gasteiger partial charge in [-0.1, -0.05) is 12.7 Å². The van der Waals surface area contributed by atoms with Crippen LogP contribution in [0.15, 0.2) is 24.3 Å². The van der Waals surface area contributed by atoms with Crippen LogP contribution in [-0.4, -0.2) is 17.7 Å². The highest BCUT2D eigenvalue weighted by Crippen LogP contribution is 2.16. The van der Waals surface area contributed by atoms with Gasteiger partial charge in [-0.25, -0.2) is 4.98 Å². The third-order valence-corrected chi connectivity index (χ3v) is 2.62. The molecular formula is C14H20N2O. The molecule has 0 saturated carbocycles. The summed E-state index contributed by atoms with van der Waals surface area (Å²) in [6.07, 6.45) is 3.85. The largest absolute Gasteiger partial charge is 0.384 e. The Kier molecular flexibility index (Phi) is 4.91. The van der Waals surface area contributed by atoms with E-state index in [1.165, 1.54) is 0 Å². The van der Waals surface area contributed by atoms with E-state index < -0.39 is 0 Å². The fraction of sp³-hybridized carbons (Fsp3) is 0.357. The third-order valence-electron chi connectivity index (χ3n) is 2.62. The Bertz CT molecular complexity index is 424. The van der Waals surface area contributed by atoms with Crippen molar-refractivity contribution in [3.05, 3.63) is 35.5 Å². The lowest BCUT2D eigenvalue weighted by Gasteiger charge is -2.12. The number of nitrogens with two attached hydrogens (primary N) is 1. The van der Waals surface area contributed by atoms with Crippen LogP contribution >= 0.6 is 0 Å². The SMILES string of the molecule is C=Cc1ccc(N)nc1/C=C(\C)C(C)OCC. The molecule has 2 N–H and O–H groups in total. The predicted molar refractivity (Wildman–Crippen MR) is 73.5 cm³/mol. The first-order valence-corrected chi connectivity index (χ1v) is 5.77. The lowest BCUT2D eigenvalue weighted by Crippen LogP contribution is -2.09. The maximum Gasteiger partial charge on any atom is 0.124 e. The minimum atomic E-state index is 0.0842. The van der Waals surface area contributed by atoms with Crippen molar-refractivity contribution >= 4 is 18.0 Å². The predicted octanol–water partition coefficient (Wildman–Crippen LogP) is 3.14. The minimum absolute atomic E-state index is 0.0842. The van der Waals surface area contributed by atoms with E-state index in [1.54, 1.807) is 12.1 Å². The molecule has 0 aliphatic heterocycles. The first kappa shape index (κ1) is 13.5. The summed E-state index contributed by atoms with van der Waals surface area (Å²) in [4.78, 5) is 4.30. The molecule has 0 aliphatic rings. The molecule has 1 atom stereocenters. The number of rotatable bonds is 5. The second kappa shape index (κ2) is 6.21. The highest BCUT2D eigenvalue weighted by Gasteiger charge is 2.05. The monoisotopic (exact) mass is 232 g/mol. The molecule has 3 heteroatoms. The smallest absolute Gasteiger partial charge is 0.124 e. The summed E-state index contributed by atoms with van der Waals surface area (Å²) < 4.78 is 5.53. The highest BCUT2D eigenvalue weighted by molar-refractivity contribution is 5.64. The summed E-state index contributed by atoms with van der Waals surface area (Å²) in [5.74, 6) is 0.513. The number of pyridine rings is 1. The quantitative estimate of drug-likeness (QED) is 0.848.